The van der Waals surface area contributed by atoms with Gasteiger partial charge in [-0.3, -0.25) is 0 Å². The van der Waals surface area contributed by atoms with E-state index < -0.39 is 5.60 Å². The minimum atomic E-state index is -0.519. The van der Waals surface area contributed by atoms with Crippen molar-refractivity contribution in [1.82, 2.24) is 9.88 Å². The number of carbonyl (C=O) groups excluding carboxylic acids is 1. The highest BCUT2D eigenvalue weighted by atomic mass is 16.7. The minimum Gasteiger partial charge on any atom is -0.472 e. The van der Waals surface area contributed by atoms with Gasteiger partial charge in [-0.05, 0) is 39.8 Å². The van der Waals surface area contributed by atoms with Crippen molar-refractivity contribution in [2.75, 3.05) is 19.8 Å². The summed E-state index contributed by atoms with van der Waals surface area (Å²) in [4.78, 5) is 18.9. The summed E-state index contributed by atoms with van der Waals surface area (Å²) in [6.45, 7) is 9.41. The van der Waals surface area contributed by atoms with Gasteiger partial charge in [-0.2, -0.15) is 0 Å². The smallest absolute Gasteiger partial charge is 0.410 e. The van der Waals surface area contributed by atoms with E-state index in [-0.39, 0.29) is 24.5 Å². The zero-order chi connectivity index (χ0) is 22.0. The lowest BCUT2D eigenvalue weighted by atomic mass is 10.1. The van der Waals surface area contributed by atoms with E-state index in [1.165, 1.54) is 0 Å². The van der Waals surface area contributed by atoms with Crippen LogP contribution in [0.2, 0.25) is 0 Å². The average Bonchev–Trinajstić information content (AvgIpc) is 3.38. The lowest BCUT2D eigenvalue weighted by molar-refractivity contribution is -0.0440. The molecule has 2 fully saturated rings. The quantitative estimate of drug-likeness (QED) is 0.713. The molecule has 2 atom stereocenters. The Kier molecular flexibility index (Phi) is 6.16. The van der Waals surface area contributed by atoms with E-state index in [2.05, 4.69) is 0 Å². The van der Waals surface area contributed by atoms with Crippen LogP contribution in [0.25, 0.3) is 11.3 Å². The van der Waals surface area contributed by atoms with Crippen molar-refractivity contribution in [3.63, 3.8) is 0 Å². The second kappa shape index (κ2) is 8.85. The second-order valence-electron chi connectivity index (χ2n) is 8.92. The number of aromatic nitrogens is 1. The van der Waals surface area contributed by atoms with E-state index in [9.17, 15) is 4.79 Å². The number of carbonyl (C=O) groups is 1. The van der Waals surface area contributed by atoms with Crippen LogP contribution in [0.3, 0.4) is 0 Å². The molecule has 4 rings (SSSR count). The zero-order valence-corrected chi connectivity index (χ0v) is 18.5. The van der Waals surface area contributed by atoms with E-state index in [0.29, 0.717) is 25.6 Å². The zero-order valence-electron chi connectivity index (χ0n) is 18.5. The van der Waals surface area contributed by atoms with Crippen LogP contribution >= 0.6 is 0 Å². The number of rotatable bonds is 4. The van der Waals surface area contributed by atoms with Gasteiger partial charge in [0.1, 0.15) is 11.7 Å². The Balaban J connectivity index is 1.45. The first-order valence-corrected chi connectivity index (χ1v) is 10.8. The number of nitrogens with zero attached hydrogens (tertiary/aromatic N) is 2. The van der Waals surface area contributed by atoms with Crippen molar-refractivity contribution in [3.05, 3.63) is 48.0 Å². The van der Waals surface area contributed by atoms with Crippen LogP contribution in [0.4, 0.5) is 4.79 Å². The number of likely N-dealkylation sites (tertiary alicyclic amines) is 1. The summed E-state index contributed by atoms with van der Waals surface area (Å²) in [5.74, 6) is 0.541. The molecule has 1 aromatic carbocycles. The Morgan fingerprint density at radius 1 is 1.13 bits per heavy atom. The van der Waals surface area contributed by atoms with Crippen molar-refractivity contribution in [2.24, 2.45) is 0 Å². The molecule has 2 aliphatic rings. The predicted molar refractivity (Wildman–Crippen MR) is 116 cm³/mol. The lowest BCUT2D eigenvalue weighted by Gasteiger charge is -2.28. The van der Waals surface area contributed by atoms with Crippen LogP contribution in [0.15, 0.2) is 42.5 Å². The molecule has 31 heavy (non-hydrogen) atoms. The summed E-state index contributed by atoms with van der Waals surface area (Å²) < 4.78 is 22.9. The molecule has 1 amide bonds. The normalized spacial score (nSPS) is 22.0. The van der Waals surface area contributed by atoms with Crippen molar-refractivity contribution in [1.29, 1.82) is 0 Å². The summed E-state index contributed by atoms with van der Waals surface area (Å²) in [7, 11) is 0. The molecule has 2 saturated heterocycles. The Morgan fingerprint density at radius 3 is 2.61 bits per heavy atom. The van der Waals surface area contributed by atoms with Crippen molar-refractivity contribution >= 4 is 6.09 Å². The predicted octanol–water partition coefficient (Wildman–Crippen LogP) is 4.57. The van der Waals surface area contributed by atoms with Gasteiger partial charge < -0.3 is 23.8 Å². The highest BCUT2D eigenvalue weighted by molar-refractivity contribution is 5.69. The molecule has 0 N–H and O–H groups in total. The third kappa shape index (κ3) is 5.17. The lowest BCUT2D eigenvalue weighted by Crippen LogP contribution is -2.42. The first kappa shape index (κ1) is 21.6. The van der Waals surface area contributed by atoms with Crippen molar-refractivity contribution in [2.45, 2.75) is 58.2 Å². The molecular weight excluding hydrogens is 396 g/mol. The molecular formula is C24H30N2O5. The molecule has 0 spiro atoms. The third-order valence-corrected chi connectivity index (χ3v) is 5.38. The van der Waals surface area contributed by atoms with Crippen LogP contribution in [-0.4, -0.2) is 53.5 Å². The molecule has 3 heterocycles. The Hall–Kier alpha value is -2.64. The molecule has 0 radical (unpaired) electrons. The van der Waals surface area contributed by atoms with Gasteiger partial charge in [-0.25, -0.2) is 9.78 Å². The number of hydrogen-bond acceptors (Lipinski definition) is 6. The van der Waals surface area contributed by atoms with Gasteiger partial charge in [0.15, 0.2) is 6.29 Å². The van der Waals surface area contributed by atoms with Gasteiger partial charge in [0.05, 0.1) is 24.9 Å². The van der Waals surface area contributed by atoms with Crippen molar-refractivity contribution < 1.29 is 23.7 Å². The number of pyridine rings is 1. The van der Waals surface area contributed by atoms with Crippen LogP contribution in [-0.2, 0) is 14.2 Å². The first-order valence-electron chi connectivity index (χ1n) is 10.8. The second-order valence-corrected chi connectivity index (χ2v) is 8.92. The fourth-order valence-electron chi connectivity index (χ4n) is 3.84. The van der Waals surface area contributed by atoms with Crippen LogP contribution in [0, 0.1) is 0 Å². The molecule has 166 valence electrons. The van der Waals surface area contributed by atoms with Gasteiger partial charge in [-0.15, -0.1) is 0 Å². The number of hydrogen-bond donors (Lipinski definition) is 0. The van der Waals surface area contributed by atoms with Gasteiger partial charge in [0.2, 0.25) is 5.88 Å². The van der Waals surface area contributed by atoms with Gasteiger partial charge in [0.25, 0.3) is 0 Å². The molecule has 2 unspecified atom stereocenters. The third-order valence-electron chi connectivity index (χ3n) is 5.38. The Labute approximate surface area is 183 Å². The maximum absolute atomic E-state index is 12.5. The maximum atomic E-state index is 12.5. The van der Waals surface area contributed by atoms with E-state index in [1.807, 2.05) is 70.2 Å². The highest BCUT2D eigenvalue weighted by Gasteiger charge is 2.37. The average molecular weight is 427 g/mol. The molecule has 7 nitrogen and oxygen atoms in total. The summed E-state index contributed by atoms with van der Waals surface area (Å²) in [5, 5.41) is 0. The fraction of sp³-hybridized carbons (Fsp3) is 0.500. The molecule has 0 saturated carbocycles. The van der Waals surface area contributed by atoms with Gasteiger partial charge in [-0.1, -0.05) is 24.3 Å². The molecule has 7 heteroatoms. The monoisotopic (exact) mass is 426 g/mol. The summed E-state index contributed by atoms with van der Waals surface area (Å²) in [5.41, 5.74) is 2.24. The van der Waals surface area contributed by atoms with Gasteiger partial charge >= 0.3 is 6.09 Å². The summed E-state index contributed by atoms with van der Waals surface area (Å²) in [6.07, 6.45) is -0.0292. The minimum absolute atomic E-state index is 0.0969. The van der Waals surface area contributed by atoms with Crippen LogP contribution < -0.4 is 4.74 Å². The molecule has 1 aromatic heterocycles. The number of ether oxygens (including phenoxy) is 4. The van der Waals surface area contributed by atoms with Crippen molar-refractivity contribution in [3.8, 4) is 17.1 Å². The maximum Gasteiger partial charge on any atom is 0.410 e. The van der Waals surface area contributed by atoms with E-state index >= 15 is 0 Å². The molecule has 2 aromatic rings. The Bertz CT molecular complexity index is 920. The topological polar surface area (TPSA) is 70.1 Å². The SMILES string of the molecule is CC1C(Oc2cccc(-c3cccc(C4OCCO4)c3)n2)CCN1C(=O)OC(C)(C)C. The molecule has 2 aliphatic heterocycles. The van der Waals surface area contributed by atoms with Crippen LogP contribution in [0.5, 0.6) is 5.88 Å². The molecule has 0 bridgehead atoms. The highest BCUT2D eigenvalue weighted by Crippen LogP contribution is 2.29. The molecule has 0 aliphatic carbocycles. The summed E-state index contributed by atoms with van der Waals surface area (Å²) in [6, 6.07) is 13.6. The first-order chi connectivity index (χ1) is 14.8. The fourth-order valence-corrected chi connectivity index (χ4v) is 3.84. The number of amides is 1. The Morgan fingerprint density at radius 2 is 1.87 bits per heavy atom. The summed E-state index contributed by atoms with van der Waals surface area (Å²) >= 11 is 0. The number of benzene rings is 1. The largest absolute Gasteiger partial charge is 0.472 e. The van der Waals surface area contributed by atoms with Gasteiger partial charge in [0, 0.05) is 30.2 Å². The van der Waals surface area contributed by atoms with E-state index in [0.717, 1.165) is 23.2 Å². The standard InChI is InChI=1S/C24H30N2O5/c1-16-20(11-12-26(16)23(27)31-24(2,3)4)30-21-10-6-9-19(25-21)17-7-5-8-18(15-17)22-28-13-14-29-22/h5-10,15-16,20,22H,11-14H2,1-4H3. The van der Waals surface area contributed by atoms with Crippen LogP contribution in [0.1, 0.15) is 46.0 Å². The van der Waals surface area contributed by atoms with E-state index in [4.69, 9.17) is 23.9 Å². The van der Waals surface area contributed by atoms with E-state index in [1.54, 1.807) is 4.90 Å².